The van der Waals surface area contributed by atoms with E-state index < -0.39 is 10.0 Å². The van der Waals surface area contributed by atoms with Gasteiger partial charge in [-0.25, -0.2) is 13.1 Å². The third-order valence-corrected chi connectivity index (χ3v) is 4.83. The number of nitriles is 1. The summed E-state index contributed by atoms with van der Waals surface area (Å²) in [6.07, 6.45) is 3.04. The lowest BCUT2D eigenvalue weighted by Crippen LogP contribution is -2.42. The second kappa shape index (κ2) is 6.70. The van der Waals surface area contributed by atoms with Crippen molar-refractivity contribution in [2.75, 3.05) is 19.6 Å². The lowest BCUT2D eigenvalue weighted by atomic mass is 10.1. The number of carbonyl (C=O) groups is 1. The lowest BCUT2D eigenvalue weighted by Gasteiger charge is -2.26. The topological polar surface area (TPSA) is 90.3 Å². The van der Waals surface area contributed by atoms with Crippen LogP contribution in [-0.4, -0.2) is 38.9 Å². The minimum atomic E-state index is -3.73. The van der Waals surface area contributed by atoms with Gasteiger partial charge in [0.1, 0.15) is 0 Å². The summed E-state index contributed by atoms with van der Waals surface area (Å²) in [6, 6.07) is 7.49. The predicted octanol–water partition coefficient (Wildman–Crippen LogP) is 0.849. The summed E-state index contributed by atoms with van der Waals surface area (Å²) in [7, 11) is -3.73. The number of piperidine rings is 1. The normalized spacial score (nSPS) is 15.5. The highest BCUT2D eigenvalue weighted by Crippen LogP contribution is 2.11. The summed E-state index contributed by atoms with van der Waals surface area (Å²) in [5.41, 5.74) is 0.387. The van der Waals surface area contributed by atoms with Crippen molar-refractivity contribution in [1.82, 2.24) is 9.62 Å². The van der Waals surface area contributed by atoms with E-state index in [0.717, 1.165) is 19.3 Å². The summed E-state index contributed by atoms with van der Waals surface area (Å²) < 4.78 is 26.4. The van der Waals surface area contributed by atoms with Crippen molar-refractivity contribution in [3.05, 3.63) is 29.8 Å². The van der Waals surface area contributed by atoms with Gasteiger partial charge < -0.3 is 4.90 Å². The Kier molecular flexibility index (Phi) is 4.94. The summed E-state index contributed by atoms with van der Waals surface area (Å²) in [6.45, 7) is 1.15. The average molecular weight is 307 g/mol. The second-order valence-corrected chi connectivity index (χ2v) is 6.67. The van der Waals surface area contributed by atoms with E-state index in [1.807, 2.05) is 6.07 Å². The van der Waals surface area contributed by atoms with Crippen LogP contribution in [0, 0.1) is 11.3 Å². The number of hydrogen-bond donors (Lipinski definition) is 1. The van der Waals surface area contributed by atoms with Gasteiger partial charge in [-0.2, -0.15) is 5.26 Å². The van der Waals surface area contributed by atoms with Crippen molar-refractivity contribution in [2.45, 2.75) is 24.2 Å². The van der Waals surface area contributed by atoms with Crippen molar-refractivity contribution in [1.29, 1.82) is 5.26 Å². The van der Waals surface area contributed by atoms with Crippen molar-refractivity contribution >= 4 is 15.9 Å². The van der Waals surface area contributed by atoms with E-state index in [-0.39, 0.29) is 17.3 Å². The van der Waals surface area contributed by atoms with Gasteiger partial charge in [0.05, 0.1) is 23.1 Å². The van der Waals surface area contributed by atoms with E-state index in [4.69, 9.17) is 5.26 Å². The van der Waals surface area contributed by atoms with Gasteiger partial charge in [0.25, 0.3) is 0 Å². The van der Waals surface area contributed by atoms with Crippen LogP contribution >= 0.6 is 0 Å². The zero-order chi connectivity index (χ0) is 15.3. The van der Waals surface area contributed by atoms with E-state index in [1.165, 1.54) is 24.3 Å². The Balaban J connectivity index is 1.97. The Morgan fingerprint density at radius 1 is 1.19 bits per heavy atom. The first-order valence-electron chi connectivity index (χ1n) is 6.80. The Hall–Kier alpha value is -1.91. The third kappa shape index (κ3) is 4.03. The first-order valence-corrected chi connectivity index (χ1v) is 8.29. The molecule has 2 rings (SSSR count). The summed E-state index contributed by atoms with van der Waals surface area (Å²) >= 11 is 0. The van der Waals surface area contributed by atoms with E-state index in [2.05, 4.69) is 4.72 Å². The van der Waals surface area contributed by atoms with Crippen molar-refractivity contribution in [2.24, 2.45) is 0 Å². The highest BCUT2D eigenvalue weighted by molar-refractivity contribution is 7.89. The van der Waals surface area contributed by atoms with Gasteiger partial charge in [-0.05, 0) is 43.5 Å². The smallest absolute Gasteiger partial charge is 0.241 e. The Morgan fingerprint density at radius 2 is 1.81 bits per heavy atom. The quantitative estimate of drug-likeness (QED) is 0.893. The fourth-order valence-corrected chi connectivity index (χ4v) is 3.18. The lowest BCUT2D eigenvalue weighted by molar-refractivity contribution is -0.130. The molecule has 1 aliphatic rings. The maximum Gasteiger partial charge on any atom is 0.241 e. The predicted molar refractivity (Wildman–Crippen MR) is 76.8 cm³/mol. The summed E-state index contributed by atoms with van der Waals surface area (Å²) in [4.78, 5) is 13.7. The standard InChI is InChI=1S/C14H17N3O3S/c15-10-12-4-6-13(7-5-12)21(19,20)16-11-14(18)17-8-2-1-3-9-17/h4-7,16H,1-3,8-9,11H2. The molecule has 1 amide bonds. The maximum atomic E-state index is 12.1. The molecule has 0 unspecified atom stereocenters. The molecule has 0 saturated carbocycles. The number of benzene rings is 1. The van der Waals surface area contributed by atoms with Gasteiger partial charge in [0, 0.05) is 13.1 Å². The monoisotopic (exact) mass is 307 g/mol. The highest BCUT2D eigenvalue weighted by Gasteiger charge is 2.20. The van der Waals surface area contributed by atoms with Gasteiger partial charge in [0.15, 0.2) is 0 Å². The number of carbonyl (C=O) groups excluding carboxylic acids is 1. The zero-order valence-corrected chi connectivity index (χ0v) is 12.4. The number of likely N-dealkylation sites (tertiary alicyclic amines) is 1. The van der Waals surface area contributed by atoms with Crippen molar-refractivity contribution in [3.63, 3.8) is 0 Å². The molecule has 0 spiro atoms. The number of amides is 1. The molecule has 1 aromatic rings. The van der Waals surface area contributed by atoms with Gasteiger partial charge in [0.2, 0.25) is 15.9 Å². The number of nitrogens with one attached hydrogen (secondary N) is 1. The Labute approximate surface area is 124 Å². The van der Waals surface area contributed by atoms with Crippen LogP contribution in [-0.2, 0) is 14.8 Å². The molecule has 7 heteroatoms. The van der Waals surface area contributed by atoms with E-state index in [9.17, 15) is 13.2 Å². The molecule has 0 bridgehead atoms. The van der Waals surface area contributed by atoms with Crippen LogP contribution in [0.3, 0.4) is 0 Å². The molecule has 6 nitrogen and oxygen atoms in total. The Bertz CT molecular complexity index is 641. The van der Waals surface area contributed by atoms with E-state index >= 15 is 0 Å². The van der Waals surface area contributed by atoms with E-state index in [1.54, 1.807) is 4.90 Å². The second-order valence-electron chi connectivity index (χ2n) is 4.90. The molecular formula is C14H17N3O3S. The first-order chi connectivity index (χ1) is 10.0. The fraction of sp³-hybridized carbons (Fsp3) is 0.429. The van der Waals surface area contributed by atoms with Crippen LogP contribution in [0.2, 0.25) is 0 Å². The molecule has 0 atom stereocenters. The molecule has 0 aromatic heterocycles. The molecule has 1 N–H and O–H groups in total. The SMILES string of the molecule is N#Cc1ccc(S(=O)(=O)NCC(=O)N2CCCCC2)cc1. The number of hydrogen-bond acceptors (Lipinski definition) is 4. The van der Waals surface area contributed by atoms with Gasteiger partial charge >= 0.3 is 0 Å². The van der Waals surface area contributed by atoms with Gasteiger partial charge in [-0.15, -0.1) is 0 Å². The molecule has 112 valence electrons. The third-order valence-electron chi connectivity index (χ3n) is 3.42. The minimum Gasteiger partial charge on any atom is -0.342 e. The van der Waals surface area contributed by atoms with Crippen LogP contribution in [0.25, 0.3) is 0 Å². The van der Waals surface area contributed by atoms with Gasteiger partial charge in [-0.1, -0.05) is 0 Å². The first kappa shape index (κ1) is 15.5. The van der Waals surface area contributed by atoms with Crippen LogP contribution in [0.1, 0.15) is 24.8 Å². The zero-order valence-electron chi connectivity index (χ0n) is 11.6. The van der Waals surface area contributed by atoms with Crippen molar-refractivity contribution in [3.8, 4) is 6.07 Å². The fourth-order valence-electron chi connectivity index (χ4n) is 2.20. The molecule has 1 heterocycles. The molecule has 21 heavy (non-hydrogen) atoms. The largest absolute Gasteiger partial charge is 0.342 e. The molecular weight excluding hydrogens is 290 g/mol. The molecule has 1 aromatic carbocycles. The number of sulfonamides is 1. The maximum absolute atomic E-state index is 12.1. The molecule has 1 fully saturated rings. The van der Waals surface area contributed by atoms with Crippen LogP contribution < -0.4 is 4.72 Å². The molecule has 0 aliphatic carbocycles. The van der Waals surface area contributed by atoms with Crippen molar-refractivity contribution < 1.29 is 13.2 Å². The number of rotatable bonds is 4. The Morgan fingerprint density at radius 3 is 2.38 bits per heavy atom. The molecule has 1 saturated heterocycles. The molecule has 0 radical (unpaired) electrons. The van der Waals surface area contributed by atoms with Gasteiger partial charge in [-0.3, -0.25) is 4.79 Å². The van der Waals surface area contributed by atoms with E-state index in [0.29, 0.717) is 18.7 Å². The van der Waals surface area contributed by atoms with Crippen LogP contribution in [0.4, 0.5) is 0 Å². The number of nitrogens with zero attached hydrogens (tertiary/aromatic N) is 2. The highest BCUT2D eigenvalue weighted by atomic mass is 32.2. The summed E-state index contributed by atoms with van der Waals surface area (Å²) in [5, 5.41) is 8.69. The molecule has 1 aliphatic heterocycles. The van der Waals surface area contributed by atoms with Crippen LogP contribution in [0.5, 0.6) is 0 Å². The summed E-state index contributed by atoms with van der Waals surface area (Å²) in [5.74, 6) is -0.202. The minimum absolute atomic E-state index is 0.0490. The van der Waals surface area contributed by atoms with Crippen LogP contribution in [0.15, 0.2) is 29.2 Å². The average Bonchev–Trinajstić information content (AvgIpc) is 2.53.